The molecule has 0 radical (unpaired) electrons. The SMILES string of the molecule is CCOC(=O)CN(CCOC)Cc1ccc(SC(C)(C)C(=O)O)cc1. The summed E-state index contributed by atoms with van der Waals surface area (Å²) in [5, 5.41) is 9.20. The Morgan fingerprint density at radius 3 is 2.40 bits per heavy atom. The first-order chi connectivity index (χ1) is 11.8. The van der Waals surface area contributed by atoms with Crippen LogP contribution in [0.5, 0.6) is 0 Å². The van der Waals surface area contributed by atoms with Crippen molar-refractivity contribution in [1.82, 2.24) is 4.90 Å². The molecule has 25 heavy (non-hydrogen) atoms. The number of aliphatic carboxylic acids is 1. The van der Waals surface area contributed by atoms with Gasteiger partial charge in [-0.3, -0.25) is 14.5 Å². The minimum atomic E-state index is -0.879. The molecule has 0 aliphatic heterocycles. The van der Waals surface area contributed by atoms with E-state index in [0.717, 1.165) is 10.5 Å². The van der Waals surface area contributed by atoms with Gasteiger partial charge in [0.15, 0.2) is 0 Å². The number of esters is 1. The molecular weight excluding hydrogens is 342 g/mol. The van der Waals surface area contributed by atoms with Crippen molar-refractivity contribution in [1.29, 1.82) is 0 Å². The Hall–Kier alpha value is -1.57. The number of ether oxygens (including phenoxy) is 2. The molecular formula is C18H27NO5S. The van der Waals surface area contributed by atoms with E-state index in [1.165, 1.54) is 11.8 Å². The lowest BCUT2D eigenvalue weighted by Gasteiger charge is -2.21. The summed E-state index contributed by atoms with van der Waals surface area (Å²) in [6.07, 6.45) is 0. The fraction of sp³-hybridized carbons (Fsp3) is 0.556. The van der Waals surface area contributed by atoms with Gasteiger partial charge in [-0.05, 0) is 38.5 Å². The van der Waals surface area contributed by atoms with Crippen LogP contribution in [0.15, 0.2) is 29.2 Å². The van der Waals surface area contributed by atoms with Gasteiger partial charge in [0.05, 0.1) is 19.8 Å². The summed E-state index contributed by atoms with van der Waals surface area (Å²) in [5.41, 5.74) is 1.04. The molecule has 0 saturated carbocycles. The predicted molar refractivity (Wildman–Crippen MR) is 97.8 cm³/mol. The van der Waals surface area contributed by atoms with Crippen LogP contribution in [-0.4, -0.2) is 60.1 Å². The third kappa shape index (κ3) is 7.90. The molecule has 0 fully saturated rings. The van der Waals surface area contributed by atoms with Crippen LogP contribution in [0.1, 0.15) is 26.3 Å². The summed E-state index contributed by atoms with van der Waals surface area (Å²) < 4.78 is 9.22. The lowest BCUT2D eigenvalue weighted by molar-refractivity contribution is -0.144. The summed E-state index contributed by atoms with van der Waals surface area (Å²) in [6.45, 7) is 7.46. The smallest absolute Gasteiger partial charge is 0.320 e. The molecule has 1 aromatic rings. The van der Waals surface area contributed by atoms with Gasteiger partial charge in [0.2, 0.25) is 0 Å². The highest BCUT2D eigenvalue weighted by Crippen LogP contribution is 2.32. The van der Waals surface area contributed by atoms with Gasteiger partial charge in [0.1, 0.15) is 4.75 Å². The standard InChI is InChI=1S/C18H27NO5S/c1-5-24-16(20)13-19(10-11-23-4)12-14-6-8-15(9-7-14)25-18(2,3)17(21)22/h6-9H,5,10-13H2,1-4H3,(H,21,22). The number of carbonyl (C=O) groups excluding carboxylic acids is 1. The average molecular weight is 369 g/mol. The van der Waals surface area contributed by atoms with Crippen LogP contribution >= 0.6 is 11.8 Å². The molecule has 0 amide bonds. The Morgan fingerprint density at radius 2 is 1.88 bits per heavy atom. The molecule has 0 aliphatic carbocycles. The monoisotopic (exact) mass is 369 g/mol. The van der Waals surface area contributed by atoms with E-state index >= 15 is 0 Å². The van der Waals surface area contributed by atoms with Gasteiger partial charge < -0.3 is 14.6 Å². The minimum Gasteiger partial charge on any atom is -0.480 e. The molecule has 1 N–H and O–H groups in total. The molecule has 0 heterocycles. The number of rotatable bonds is 11. The topological polar surface area (TPSA) is 76.1 Å². The van der Waals surface area contributed by atoms with Crippen LogP contribution in [0.2, 0.25) is 0 Å². The Balaban J connectivity index is 2.71. The second kappa shape index (κ2) is 10.4. The third-order valence-corrected chi connectivity index (χ3v) is 4.68. The Kier molecular flexibility index (Phi) is 8.96. The van der Waals surface area contributed by atoms with E-state index < -0.39 is 10.7 Å². The lowest BCUT2D eigenvalue weighted by Crippen LogP contribution is -2.33. The molecule has 0 aliphatic rings. The number of benzene rings is 1. The van der Waals surface area contributed by atoms with Crippen molar-refractivity contribution in [2.24, 2.45) is 0 Å². The number of thioether (sulfide) groups is 1. The van der Waals surface area contributed by atoms with E-state index in [1.54, 1.807) is 27.9 Å². The zero-order chi connectivity index (χ0) is 18.9. The molecule has 6 nitrogen and oxygen atoms in total. The van der Waals surface area contributed by atoms with Gasteiger partial charge in [0, 0.05) is 25.1 Å². The van der Waals surface area contributed by atoms with Crippen molar-refractivity contribution in [3.8, 4) is 0 Å². The maximum Gasteiger partial charge on any atom is 0.320 e. The fourth-order valence-electron chi connectivity index (χ4n) is 2.08. The number of methoxy groups -OCH3 is 1. The first kappa shape index (κ1) is 21.5. The van der Waals surface area contributed by atoms with Crippen molar-refractivity contribution in [2.45, 2.75) is 37.0 Å². The highest BCUT2D eigenvalue weighted by atomic mass is 32.2. The molecule has 7 heteroatoms. The molecule has 0 atom stereocenters. The van der Waals surface area contributed by atoms with E-state index in [0.29, 0.717) is 26.3 Å². The van der Waals surface area contributed by atoms with Gasteiger partial charge in [-0.2, -0.15) is 0 Å². The zero-order valence-corrected chi connectivity index (χ0v) is 16.1. The van der Waals surface area contributed by atoms with Gasteiger partial charge in [-0.15, -0.1) is 11.8 Å². The van der Waals surface area contributed by atoms with Gasteiger partial charge in [0.25, 0.3) is 0 Å². The summed E-state index contributed by atoms with van der Waals surface area (Å²) in [4.78, 5) is 25.8. The molecule has 0 bridgehead atoms. The quantitative estimate of drug-likeness (QED) is 0.475. The number of hydrogen-bond donors (Lipinski definition) is 1. The van der Waals surface area contributed by atoms with E-state index in [9.17, 15) is 14.7 Å². The number of nitrogens with zero attached hydrogens (tertiary/aromatic N) is 1. The van der Waals surface area contributed by atoms with Crippen LogP contribution in [-0.2, 0) is 25.6 Å². The summed E-state index contributed by atoms with van der Waals surface area (Å²) in [5.74, 6) is -1.10. The minimum absolute atomic E-state index is 0.208. The van der Waals surface area contributed by atoms with Gasteiger partial charge in [-0.1, -0.05) is 12.1 Å². The zero-order valence-electron chi connectivity index (χ0n) is 15.3. The van der Waals surface area contributed by atoms with Crippen molar-refractivity contribution in [3.63, 3.8) is 0 Å². The van der Waals surface area contributed by atoms with E-state index in [1.807, 2.05) is 29.2 Å². The number of hydrogen-bond acceptors (Lipinski definition) is 6. The van der Waals surface area contributed by atoms with Crippen molar-refractivity contribution >= 4 is 23.7 Å². The Bertz CT molecular complexity index is 559. The predicted octanol–water partition coefficient (Wildman–Crippen LogP) is 2.65. The van der Waals surface area contributed by atoms with Crippen molar-refractivity contribution < 1.29 is 24.2 Å². The number of carboxylic acids is 1. The van der Waals surface area contributed by atoms with Gasteiger partial charge in [-0.25, -0.2) is 0 Å². The number of carbonyl (C=O) groups is 2. The van der Waals surface area contributed by atoms with Crippen LogP contribution in [0.3, 0.4) is 0 Å². The van der Waals surface area contributed by atoms with Crippen molar-refractivity contribution in [2.75, 3.05) is 33.4 Å². The largest absolute Gasteiger partial charge is 0.480 e. The molecule has 0 saturated heterocycles. The maximum atomic E-state index is 11.7. The van der Waals surface area contributed by atoms with Crippen LogP contribution in [0, 0.1) is 0 Å². The van der Waals surface area contributed by atoms with Crippen LogP contribution < -0.4 is 0 Å². The highest BCUT2D eigenvalue weighted by molar-refractivity contribution is 8.01. The summed E-state index contributed by atoms with van der Waals surface area (Å²) in [7, 11) is 1.62. The lowest BCUT2D eigenvalue weighted by atomic mass is 10.2. The van der Waals surface area contributed by atoms with Crippen LogP contribution in [0.4, 0.5) is 0 Å². The summed E-state index contributed by atoms with van der Waals surface area (Å²) >= 11 is 1.31. The fourth-order valence-corrected chi connectivity index (χ4v) is 3.03. The highest BCUT2D eigenvalue weighted by Gasteiger charge is 2.28. The molecule has 0 unspecified atom stereocenters. The van der Waals surface area contributed by atoms with Crippen molar-refractivity contribution in [3.05, 3.63) is 29.8 Å². The number of carboxylic acid groups (broad SMARTS) is 1. The molecule has 1 aromatic carbocycles. The normalized spacial score (nSPS) is 11.6. The molecule has 0 spiro atoms. The van der Waals surface area contributed by atoms with E-state index in [2.05, 4.69) is 0 Å². The Morgan fingerprint density at radius 1 is 1.24 bits per heavy atom. The van der Waals surface area contributed by atoms with E-state index in [-0.39, 0.29) is 12.5 Å². The second-order valence-electron chi connectivity index (χ2n) is 6.07. The first-order valence-electron chi connectivity index (χ1n) is 8.16. The van der Waals surface area contributed by atoms with Gasteiger partial charge >= 0.3 is 11.9 Å². The molecule has 140 valence electrons. The van der Waals surface area contributed by atoms with Crippen LogP contribution in [0.25, 0.3) is 0 Å². The average Bonchev–Trinajstić information content (AvgIpc) is 2.54. The maximum absolute atomic E-state index is 11.7. The third-order valence-electron chi connectivity index (χ3n) is 3.49. The molecule has 0 aromatic heterocycles. The first-order valence-corrected chi connectivity index (χ1v) is 8.98. The van der Waals surface area contributed by atoms with E-state index in [4.69, 9.17) is 9.47 Å². The second-order valence-corrected chi connectivity index (χ2v) is 7.77. The molecule has 1 rings (SSSR count). The Labute approximate surface area is 153 Å². The summed E-state index contributed by atoms with van der Waals surface area (Å²) in [6, 6.07) is 7.71.